The molecule has 0 saturated carbocycles. The molecule has 23 rings (SSSR count). The minimum absolute atomic E-state index is 0.225. The van der Waals surface area contributed by atoms with Gasteiger partial charge in [0.15, 0.2) is 0 Å². The van der Waals surface area contributed by atoms with Gasteiger partial charge in [-0.25, -0.2) is 0 Å². The molecule has 568 valence electrons. The van der Waals surface area contributed by atoms with Crippen molar-refractivity contribution in [2.24, 2.45) is 0 Å². The van der Waals surface area contributed by atoms with Crippen LogP contribution in [-0.4, -0.2) is 14.1 Å². The highest BCUT2D eigenvalue weighted by Gasteiger charge is 2.39. The Labute approximate surface area is 699 Å². The average Bonchev–Trinajstić information content (AvgIpc) is 1.57. The molecule has 0 radical (unpaired) electrons. The number of rotatable bonds is 13. The summed E-state index contributed by atoms with van der Waals surface area (Å²) in [6.07, 6.45) is 1.87. The highest BCUT2D eigenvalue weighted by Crippen LogP contribution is 2.55. The molecule has 0 unspecified atom stereocenters. The molecule has 0 aliphatic heterocycles. The maximum Gasteiger partial charge on any atom is 0.0702 e. The van der Waals surface area contributed by atoms with E-state index in [9.17, 15) is 0 Å². The van der Waals surface area contributed by atoms with Crippen molar-refractivity contribution in [2.75, 3.05) is 9.80 Å². The summed E-state index contributed by atoms with van der Waals surface area (Å²) in [5.74, 6) is 0. The highest BCUT2D eigenvalue weighted by atomic mass is 15.1. The molecule has 0 fully saturated rings. The van der Waals surface area contributed by atoms with Crippen molar-refractivity contribution < 1.29 is 0 Å². The molecule has 18 aromatic carbocycles. The summed E-state index contributed by atoms with van der Waals surface area (Å²) in [5, 5.41) is 10.0. The zero-order valence-electron chi connectivity index (χ0n) is 67.2. The number of benzene rings is 18. The monoisotopic (exact) mass is 1530 g/mol. The van der Waals surface area contributed by atoms with Gasteiger partial charge in [-0.2, -0.15) is 0 Å². The Balaban J connectivity index is 0.000000144. The predicted molar refractivity (Wildman–Crippen MR) is 506 cm³/mol. The van der Waals surface area contributed by atoms with Crippen LogP contribution in [0.5, 0.6) is 0 Å². The molecule has 2 aliphatic carbocycles. The van der Waals surface area contributed by atoms with E-state index in [1.54, 1.807) is 0 Å². The van der Waals surface area contributed by atoms with Crippen molar-refractivity contribution in [3.8, 4) is 89.4 Å². The van der Waals surface area contributed by atoms with Crippen molar-refractivity contribution in [1.29, 1.82) is 0 Å². The summed E-state index contributed by atoms with van der Waals surface area (Å²) < 4.78 is 4.92. The Hall–Kier alpha value is -15.2. The molecule has 0 bridgehead atoms. The van der Waals surface area contributed by atoms with E-state index in [-0.39, 0.29) is 10.8 Å². The van der Waals surface area contributed by atoms with Gasteiger partial charge in [-0.1, -0.05) is 307 Å². The average molecular weight is 1530 g/mol. The van der Waals surface area contributed by atoms with Gasteiger partial charge in [0.05, 0.1) is 27.8 Å². The second-order valence-electron chi connectivity index (χ2n) is 33.0. The number of nitrogens with zero attached hydrogens (tertiary/aromatic N) is 5. The van der Waals surface area contributed by atoms with Gasteiger partial charge in [-0.15, -0.1) is 0 Å². The van der Waals surface area contributed by atoms with E-state index >= 15 is 0 Å². The molecule has 21 aromatic rings. The van der Waals surface area contributed by atoms with Crippen LogP contribution in [0.4, 0.5) is 34.1 Å². The van der Waals surface area contributed by atoms with Crippen LogP contribution in [0, 0.1) is 0 Å². The van der Waals surface area contributed by atoms with Crippen LogP contribution in [0.1, 0.15) is 49.9 Å². The molecule has 3 heterocycles. The molecule has 0 amide bonds. The maximum atomic E-state index is 4.69. The van der Waals surface area contributed by atoms with Crippen LogP contribution in [-0.2, 0) is 10.8 Å². The predicted octanol–water partition coefficient (Wildman–Crippen LogP) is 31.2. The van der Waals surface area contributed by atoms with Gasteiger partial charge in [0, 0.05) is 89.6 Å². The molecular formula is C115H83N5. The molecule has 3 aromatic heterocycles. The number of fused-ring (bicyclic) bond motifs is 14. The Morgan fingerprint density at radius 1 is 0.208 bits per heavy atom. The number of hydrogen-bond acceptors (Lipinski definition) is 3. The lowest BCUT2D eigenvalue weighted by Crippen LogP contribution is -2.17. The number of anilines is 6. The topological polar surface area (TPSA) is 29.2 Å². The molecular weight excluding hydrogens is 1450 g/mol. The Bertz CT molecular complexity index is 7540. The lowest BCUT2D eigenvalue weighted by Gasteiger charge is -2.28. The number of pyridine rings is 1. The standard InChI is InChI=1S/C59H42N2.C56H41N3/c1-59(2)55-37-45(60(43-18-4-3-5-19-43)44-29-26-41(27-30-44)49-23-12-16-39-14-6-8-20-47(39)49)31-33-51(55)52-34-32-46(38-56(52)59)61-57-25-11-10-22-53(57)54-36-42(28-35-58(54)61)50-24-13-17-40-15-7-9-21-48(40)50;1-56(2)51-36-45(58(43-18-10-5-11-19-43)44-25-21-40(22-26-44)38-14-6-3-7-15-38)27-30-47(51)48-31-28-46(37-52(48)56)59-54-32-24-42(53-20-12-13-33-57-53)34-50(54)49-29-23-41(35-55(49)59)39-16-8-4-9-17-39/h3-38H,1-2H3;3-37H,1-2H3. The lowest BCUT2D eigenvalue weighted by atomic mass is 9.82. The Morgan fingerprint density at radius 2 is 0.575 bits per heavy atom. The Kier molecular flexibility index (Phi) is 17.2. The van der Waals surface area contributed by atoms with Crippen LogP contribution in [0.25, 0.3) is 155 Å². The summed E-state index contributed by atoms with van der Waals surface area (Å²) in [5.41, 5.74) is 35.9. The summed E-state index contributed by atoms with van der Waals surface area (Å²) in [6, 6.07) is 155. The normalized spacial score (nSPS) is 12.8. The molecule has 2 aliphatic rings. The third-order valence-corrected chi connectivity index (χ3v) is 25.4. The van der Waals surface area contributed by atoms with Crippen molar-refractivity contribution in [1.82, 2.24) is 14.1 Å². The molecule has 5 nitrogen and oxygen atoms in total. The van der Waals surface area contributed by atoms with Crippen LogP contribution in [0.3, 0.4) is 0 Å². The highest BCUT2D eigenvalue weighted by molar-refractivity contribution is 6.13. The fraction of sp³-hybridized carbons (Fsp3) is 0.0522. The van der Waals surface area contributed by atoms with E-state index in [1.807, 2.05) is 12.3 Å². The SMILES string of the molecule is CC1(C)c2cc(N(c3ccccc3)c3ccc(-c4cccc5ccccc45)cc3)ccc2-c2ccc(-n3c4ccccc4c4cc(-c5cccc6ccccc56)ccc43)cc21.CC1(C)c2cc(N(c3ccccc3)c3ccc(-c4ccccc4)cc3)ccc2-c2ccc(-n3c4ccc(-c5ccccn5)cc4c4ccc(-c5ccccc5)cc43)cc21. The van der Waals surface area contributed by atoms with Gasteiger partial charge in [-0.05, 0) is 256 Å². The van der Waals surface area contributed by atoms with E-state index in [0.29, 0.717) is 0 Å². The fourth-order valence-electron chi connectivity index (χ4n) is 19.4. The molecule has 5 heteroatoms. The first kappa shape index (κ1) is 71.4. The summed E-state index contributed by atoms with van der Waals surface area (Å²) in [6.45, 7) is 9.54. The van der Waals surface area contributed by atoms with Gasteiger partial charge >= 0.3 is 0 Å². The second-order valence-corrected chi connectivity index (χ2v) is 33.0. The smallest absolute Gasteiger partial charge is 0.0702 e. The summed E-state index contributed by atoms with van der Waals surface area (Å²) >= 11 is 0. The molecule has 0 N–H and O–H groups in total. The first-order valence-corrected chi connectivity index (χ1v) is 41.6. The van der Waals surface area contributed by atoms with Crippen LogP contribution >= 0.6 is 0 Å². The van der Waals surface area contributed by atoms with Crippen molar-refractivity contribution in [2.45, 2.75) is 38.5 Å². The minimum Gasteiger partial charge on any atom is -0.310 e. The van der Waals surface area contributed by atoms with E-state index in [4.69, 9.17) is 0 Å². The first-order valence-electron chi connectivity index (χ1n) is 41.6. The van der Waals surface area contributed by atoms with Crippen molar-refractivity contribution in [3.05, 3.63) is 453 Å². The van der Waals surface area contributed by atoms with Gasteiger partial charge in [-0.3, -0.25) is 4.98 Å². The lowest BCUT2D eigenvalue weighted by molar-refractivity contribution is 0.660. The zero-order valence-corrected chi connectivity index (χ0v) is 67.2. The van der Waals surface area contributed by atoms with Gasteiger partial charge in [0.1, 0.15) is 0 Å². The molecule has 0 atom stereocenters. The largest absolute Gasteiger partial charge is 0.310 e. The molecule has 0 spiro atoms. The Morgan fingerprint density at radius 3 is 1.11 bits per heavy atom. The third kappa shape index (κ3) is 12.1. The maximum absolute atomic E-state index is 4.69. The molecule has 0 saturated heterocycles. The first-order chi connectivity index (χ1) is 59.0. The van der Waals surface area contributed by atoms with E-state index in [2.05, 4.69) is 470 Å². The summed E-state index contributed by atoms with van der Waals surface area (Å²) in [4.78, 5) is 9.45. The van der Waals surface area contributed by atoms with E-state index in [0.717, 1.165) is 51.1 Å². The third-order valence-electron chi connectivity index (χ3n) is 25.4. The van der Waals surface area contributed by atoms with Gasteiger partial charge in [0.25, 0.3) is 0 Å². The minimum atomic E-state index is -0.240. The number of hydrogen-bond donors (Lipinski definition) is 0. The zero-order chi connectivity index (χ0) is 80.2. The van der Waals surface area contributed by atoms with Crippen molar-refractivity contribution in [3.63, 3.8) is 0 Å². The van der Waals surface area contributed by atoms with E-state index < -0.39 is 0 Å². The van der Waals surface area contributed by atoms with Crippen LogP contribution in [0.15, 0.2) is 431 Å². The number of para-hydroxylation sites is 3. The number of aromatic nitrogens is 3. The van der Waals surface area contributed by atoms with Crippen LogP contribution in [0.2, 0.25) is 0 Å². The summed E-state index contributed by atoms with van der Waals surface area (Å²) in [7, 11) is 0. The molecule has 120 heavy (non-hydrogen) atoms. The van der Waals surface area contributed by atoms with Gasteiger partial charge in [0.2, 0.25) is 0 Å². The quantitative estimate of drug-likeness (QED) is 0.115. The fourth-order valence-corrected chi connectivity index (χ4v) is 19.4. The van der Waals surface area contributed by atoms with Crippen molar-refractivity contribution >= 4 is 99.3 Å². The van der Waals surface area contributed by atoms with Gasteiger partial charge < -0.3 is 18.9 Å². The van der Waals surface area contributed by atoms with E-state index in [1.165, 1.54) is 160 Å². The van der Waals surface area contributed by atoms with Crippen LogP contribution < -0.4 is 9.80 Å². The second kappa shape index (κ2) is 28.9.